The van der Waals surface area contributed by atoms with Crippen LogP contribution in [0.4, 0.5) is 0 Å². The van der Waals surface area contributed by atoms with Crippen molar-refractivity contribution in [1.29, 1.82) is 0 Å². The van der Waals surface area contributed by atoms with Crippen molar-refractivity contribution >= 4 is 30.0 Å². The third-order valence-electron chi connectivity index (χ3n) is 0.335. The van der Waals surface area contributed by atoms with Crippen LogP contribution in [0.2, 0.25) is 0 Å². The largest absolute Gasteiger partial charge is 0.469 e. The summed E-state index contributed by atoms with van der Waals surface area (Å²) in [6.07, 6.45) is 0. The average Bonchev–Trinajstić information content (AvgIpc) is 1.61. The van der Waals surface area contributed by atoms with Gasteiger partial charge in [-0.05, 0) is 0 Å². The fraction of sp³-hybridized carbons (Fsp3) is 0. The van der Waals surface area contributed by atoms with E-state index < -0.39 is 19.5 Å². The normalized spacial score (nSPS) is 12.4. The van der Waals surface area contributed by atoms with Crippen molar-refractivity contribution in [1.82, 2.24) is 0 Å². The summed E-state index contributed by atoms with van der Waals surface area (Å²) >= 11 is 0. The monoisotopic (exact) mass is 156 g/mol. The Morgan fingerprint density at radius 1 is 1.57 bits per heavy atom. The minimum atomic E-state index is -2.73. The molecule has 0 spiro atoms. The minimum absolute atomic E-state index is 0.631. The Hall–Kier alpha value is 0.491. The quantitative estimate of drug-likeness (QED) is 0.409. The van der Waals surface area contributed by atoms with Crippen molar-refractivity contribution in [2.24, 2.45) is 0 Å². The van der Waals surface area contributed by atoms with Crippen molar-refractivity contribution in [3.05, 3.63) is 0 Å². The van der Waals surface area contributed by atoms with Gasteiger partial charge in [0, 0.05) is 0 Å². The van der Waals surface area contributed by atoms with Gasteiger partial charge in [0.25, 0.3) is 10.0 Å². The molecule has 0 aliphatic heterocycles. The van der Waals surface area contributed by atoms with Gasteiger partial charge in [-0.15, -0.1) is 0 Å². The average molecular weight is 156 g/mol. The summed E-state index contributed by atoms with van der Waals surface area (Å²) in [4.78, 5) is 16.3. The highest BCUT2D eigenvalue weighted by molar-refractivity contribution is 6.44. The zero-order valence-corrected chi connectivity index (χ0v) is 8.56. The van der Waals surface area contributed by atoms with Crippen molar-refractivity contribution in [3.63, 3.8) is 0 Å². The molecule has 0 bridgehead atoms. The van der Waals surface area contributed by atoms with Gasteiger partial charge in [0.15, 0.2) is 0 Å². The topological polar surface area (TPSA) is 58.9 Å². The van der Waals surface area contributed by atoms with Crippen molar-refractivity contribution in [2.75, 3.05) is 0 Å². The lowest BCUT2D eigenvalue weighted by Crippen LogP contribution is -2.20. The predicted octanol–water partition coefficient (Wildman–Crippen LogP) is -4.00. The van der Waals surface area contributed by atoms with E-state index in [4.69, 9.17) is 9.59 Å². The van der Waals surface area contributed by atoms with E-state index in [0.29, 0.717) is 10.5 Å². The first kappa shape index (κ1) is 7.49. The third-order valence-corrected chi connectivity index (χ3v) is 3.01. The molecule has 4 nitrogen and oxygen atoms in total. The van der Waals surface area contributed by atoms with Gasteiger partial charge in [0.1, 0.15) is 10.5 Å². The second-order valence-electron chi connectivity index (χ2n) is 0.899. The first-order valence-corrected chi connectivity index (χ1v) is 5.21. The maximum Gasteiger partial charge on any atom is 0.469 e. The maximum atomic E-state index is 8.13. The molecule has 0 amide bonds. The van der Waals surface area contributed by atoms with E-state index in [9.17, 15) is 0 Å². The smallest absolute Gasteiger partial charge is 0.449 e. The summed E-state index contributed by atoms with van der Waals surface area (Å²) in [6, 6.07) is 0. The molecule has 0 aliphatic rings. The summed E-state index contributed by atoms with van der Waals surface area (Å²) in [6.45, 7) is 0. The summed E-state index contributed by atoms with van der Waals surface area (Å²) in [5.74, 6) is 0. The zero-order valence-electron chi connectivity index (χ0n) is 4.00. The van der Waals surface area contributed by atoms with E-state index in [1.165, 1.54) is 0 Å². The van der Waals surface area contributed by atoms with Gasteiger partial charge in [0.05, 0.1) is 0 Å². The summed E-state index contributed by atoms with van der Waals surface area (Å²) in [7, 11) is -3.10. The zero-order chi connectivity index (χ0) is 5.70. The highest BCUT2D eigenvalue weighted by Crippen LogP contribution is 1.68. The second kappa shape index (κ2) is 4.64. The lowest BCUT2D eigenvalue weighted by atomic mass is 15.7. The fourth-order valence-corrected chi connectivity index (χ4v) is 2.38. The molecule has 0 heterocycles. The molecule has 7 heavy (non-hydrogen) atoms. The first-order chi connectivity index (χ1) is 3.27. The summed E-state index contributed by atoms with van der Waals surface area (Å²) in [5.41, 5.74) is 0. The molecule has 0 saturated carbocycles. The molecule has 44 valence electrons. The molecule has 0 fully saturated rings. The SMILES string of the molecule is O[SiH](O)O[SiH2]O[SiH3]. The molecule has 0 radical (unpaired) electrons. The van der Waals surface area contributed by atoms with Gasteiger partial charge in [-0.3, -0.25) is 0 Å². The van der Waals surface area contributed by atoms with Crippen LogP contribution in [0.25, 0.3) is 0 Å². The maximum absolute atomic E-state index is 8.13. The Morgan fingerprint density at radius 3 is 2.29 bits per heavy atom. The van der Waals surface area contributed by atoms with Crippen LogP contribution >= 0.6 is 0 Å². The number of hydrogen-bond acceptors (Lipinski definition) is 4. The van der Waals surface area contributed by atoms with Crippen LogP contribution in [0.5, 0.6) is 0 Å². The highest BCUT2D eigenvalue weighted by Gasteiger charge is 1.98. The fourth-order valence-electron chi connectivity index (χ4n) is 0.129. The molecular formula is H8O4Si3. The molecule has 0 aromatic carbocycles. The van der Waals surface area contributed by atoms with E-state index in [2.05, 4.69) is 8.23 Å². The van der Waals surface area contributed by atoms with Gasteiger partial charge >= 0.3 is 9.53 Å². The van der Waals surface area contributed by atoms with Gasteiger partial charge in [-0.1, -0.05) is 0 Å². The molecule has 2 N–H and O–H groups in total. The van der Waals surface area contributed by atoms with Crippen molar-refractivity contribution in [3.8, 4) is 0 Å². The van der Waals surface area contributed by atoms with Gasteiger partial charge in [-0.25, -0.2) is 0 Å². The third kappa shape index (κ3) is 6.49. The van der Waals surface area contributed by atoms with Crippen molar-refractivity contribution in [2.45, 2.75) is 0 Å². The molecule has 0 unspecified atom stereocenters. The van der Waals surface area contributed by atoms with Gasteiger partial charge in [0.2, 0.25) is 0 Å². The Labute approximate surface area is 48.7 Å². The molecule has 7 heteroatoms. The van der Waals surface area contributed by atoms with Crippen LogP contribution in [0.3, 0.4) is 0 Å². The minimum Gasteiger partial charge on any atom is -0.449 e. The van der Waals surface area contributed by atoms with E-state index >= 15 is 0 Å². The van der Waals surface area contributed by atoms with Gasteiger partial charge < -0.3 is 17.8 Å². The molecule has 0 saturated heterocycles. The Balaban J connectivity index is 2.68. The van der Waals surface area contributed by atoms with Crippen LogP contribution < -0.4 is 0 Å². The standard InChI is InChI=1S/H8O4Si3/c1-7(2)4-6-3-5/h1-2,7H,6H2,5H3. The summed E-state index contributed by atoms with van der Waals surface area (Å²) in [5, 5.41) is 0. The van der Waals surface area contributed by atoms with Gasteiger partial charge in [-0.2, -0.15) is 0 Å². The van der Waals surface area contributed by atoms with Crippen LogP contribution in [0, 0.1) is 0 Å². The lowest BCUT2D eigenvalue weighted by Gasteiger charge is -1.98. The van der Waals surface area contributed by atoms with E-state index in [-0.39, 0.29) is 0 Å². The molecule has 0 atom stereocenters. The Morgan fingerprint density at radius 2 is 2.14 bits per heavy atom. The number of hydrogen-bond donors (Lipinski definition) is 2. The Bertz CT molecular complexity index is 35.9. The molecular weight excluding hydrogens is 148 g/mol. The molecule has 0 rings (SSSR count). The van der Waals surface area contributed by atoms with Crippen LogP contribution in [-0.4, -0.2) is 39.6 Å². The molecule has 0 aromatic rings. The highest BCUT2D eigenvalue weighted by atomic mass is 28.4. The van der Waals surface area contributed by atoms with E-state index in [1.54, 1.807) is 0 Å². The number of rotatable bonds is 3. The van der Waals surface area contributed by atoms with Crippen LogP contribution in [-0.2, 0) is 8.23 Å². The lowest BCUT2D eigenvalue weighted by molar-refractivity contribution is 0.279. The predicted molar refractivity (Wildman–Crippen MR) is 32.2 cm³/mol. The molecule has 0 aliphatic carbocycles. The second-order valence-corrected chi connectivity index (χ2v) is 5.43. The van der Waals surface area contributed by atoms with Crippen LogP contribution in [0.15, 0.2) is 0 Å². The van der Waals surface area contributed by atoms with E-state index in [1.807, 2.05) is 0 Å². The summed E-state index contributed by atoms with van der Waals surface area (Å²) < 4.78 is 9.02. The first-order valence-electron chi connectivity index (χ1n) is 1.74. The molecule has 0 aromatic heterocycles. The van der Waals surface area contributed by atoms with Crippen LogP contribution in [0.1, 0.15) is 0 Å². The van der Waals surface area contributed by atoms with Crippen molar-refractivity contribution < 1.29 is 17.8 Å². The van der Waals surface area contributed by atoms with E-state index in [0.717, 1.165) is 0 Å². The Kier molecular flexibility index (Phi) is 4.97.